The molecule has 64 valence electrons. The van der Waals surface area contributed by atoms with Gasteiger partial charge in [-0.1, -0.05) is 6.07 Å². The van der Waals surface area contributed by atoms with Crippen LogP contribution in [0.4, 0.5) is 0 Å². The van der Waals surface area contributed by atoms with E-state index in [1.807, 2.05) is 0 Å². The second-order valence-corrected chi connectivity index (χ2v) is 4.46. The van der Waals surface area contributed by atoms with Crippen LogP contribution in [0.25, 0.3) is 0 Å². The lowest BCUT2D eigenvalue weighted by atomic mass is 10.5. The third-order valence-corrected chi connectivity index (χ3v) is 3.46. The monoisotopic (exact) mass is 184 g/mol. The first kappa shape index (κ1) is 7.70. The predicted molar refractivity (Wildman–Crippen MR) is 43.0 cm³/mol. The van der Waals surface area contributed by atoms with Crippen molar-refractivity contribution in [3.05, 3.63) is 24.4 Å². The van der Waals surface area contributed by atoms with Crippen molar-refractivity contribution in [3.63, 3.8) is 0 Å². The minimum absolute atomic E-state index is 0.141. The molecule has 0 bridgehead atoms. The summed E-state index contributed by atoms with van der Waals surface area (Å²) < 4.78 is 24.3. The SMILES string of the molecule is O=S(=O)(c1ccccn1)N1CC1. The zero-order valence-electron chi connectivity index (χ0n) is 6.34. The smallest absolute Gasteiger partial charge is 0.243 e. The Morgan fingerprint density at radius 3 is 2.58 bits per heavy atom. The van der Waals surface area contributed by atoms with Crippen molar-refractivity contribution in [1.82, 2.24) is 9.29 Å². The maximum Gasteiger partial charge on any atom is 0.260 e. The van der Waals surface area contributed by atoms with E-state index in [0.717, 1.165) is 0 Å². The van der Waals surface area contributed by atoms with E-state index in [2.05, 4.69) is 4.98 Å². The summed E-state index contributed by atoms with van der Waals surface area (Å²) in [5.41, 5.74) is 0. The molecule has 0 N–H and O–H groups in total. The molecule has 1 aliphatic rings. The normalized spacial score (nSPS) is 17.7. The summed E-state index contributed by atoms with van der Waals surface area (Å²) in [6, 6.07) is 4.87. The molecule has 0 spiro atoms. The van der Waals surface area contributed by atoms with Gasteiger partial charge in [-0.05, 0) is 12.1 Å². The van der Waals surface area contributed by atoms with Crippen LogP contribution in [0, 0.1) is 0 Å². The molecule has 0 unspecified atom stereocenters. The molecule has 1 aliphatic heterocycles. The minimum atomic E-state index is -3.24. The van der Waals surface area contributed by atoms with Gasteiger partial charge in [0.25, 0.3) is 10.0 Å². The molecule has 2 heterocycles. The van der Waals surface area contributed by atoms with Crippen molar-refractivity contribution < 1.29 is 8.42 Å². The second kappa shape index (κ2) is 2.53. The van der Waals surface area contributed by atoms with Gasteiger partial charge in [-0.3, -0.25) is 0 Å². The van der Waals surface area contributed by atoms with E-state index in [1.165, 1.54) is 16.6 Å². The van der Waals surface area contributed by atoms with Crippen LogP contribution in [-0.4, -0.2) is 30.8 Å². The Morgan fingerprint density at radius 1 is 1.33 bits per heavy atom. The zero-order valence-corrected chi connectivity index (χ0v) is 7.16. The lowest BCUT2D eigenvalue weighted by Gasteiger charge is -2.00. The molecule has 1 saturated heterocycles. The molecule has 0 aliphatic carbocycles. The standard InChI is InChI=1S/C7H8N2O2S/c10-12(11,9-5-6-9)7-3-1-2-4-8-7/h1-4H,5-6H2. The molecule has 0 saturated carbocycles. The summed E-state index contributed by atoms with van der Waals surface area (Å²) in [7, 11) is -3.24. The number of sulfonamides is 1. The van der Waals surface area contributed by atoms with Crippen LogP contribution in [0.5, 0.6) is 0 Å². The fourth-order valence-corrected chi connectivity index (χ4v) is 2.18. The van der Waals surface area contributed by atoms with Gasteiger partial charge in [-0.2, -0.15) is 4.31 Å². The Morgan fingerprint density at radius 2 is 2.08 bits per heavy atom. The molecular formula is C7H8N2O2S. The van der Waals surface area contributed by atoms with Gasteiger partial charge in [0.05, 0.1) is 0 Å². The summed E-state index contributed by atoms with van der Waals surface area (Å²) in [6.07, 6.45) is 1.48. The molecule has 1 aromatic rings. The van der Waals surface area contributed by atoms with Crippen molar-refractivity contribution in [3.8, 4) is 0 Å². The highest BCUT2D eigenvalue weighted by Gasteiger charge is 2.33. The summed E-state index contributed by atoms with van der Waals surface area (Å²) in [5, 5.41) is 0.141. The highest BCUT2D eigenvalue weighted by atomic mass is 32.2. The van der Waals surface area contributed by atoms with Crippen LogP contribution in [0.2, 0.25) is 0 Å². The molecule has 5 heteroatoms. The van der Waals surface area contributed by atoms with E-state index in [1.54, 1.807) is 12.1 Å². The number of hydrogen-bond acceptors (Lipinski definition) is 3. The molecule has 0 atom stereocenters. The third kappa shape index (κ3) is 1.21. The van der Waals surface area contributed by atoms with Gasteiger partial charge in [0, 0.05) is 19.3 Å². The van der Waals surface area contributed by atoms with Crippen molar-refractivity contribution >= 4 is 10.0 Å². The number of hydrogen-bond donors (Lipinski definition) is 0. The van der Waals surface area contributed by atoms with Gasteiger partial charge < -0.3 is 0 Å². The van der Waals surface area contributed by atoms with Gasteiger partial charge >= 0.3 is 0 Å². The summed E-state index contributed by atoms with van der Waals surface area (Å²) in [6.45, 7) is 1.25. The number of aromatic nitrogens is 1. The average molecular weight is 184 g/mol. The van der Waals surface area contributed by atoms with E-state index in [0.29, 0.717) is 13.1 Å². The van der Waals surface area contributed by atoms with Crippen molar-refractivity contribution in [2.24, 2.45) is 0 Å². The zero-order chi connectivity index (χ0) is 8.60. The third-order valence-electron chi connectivity index (χ3n) is 1.65. The van der Waals surface area contributed by atoms with Crippen molar-refractivity contribution in [1.29, 1.82) is 0 Å². The van der Waals surface area contributed by atoms with Crippen molar-refractivity contribution in [2.45, 2.75) is 5.03 Å². The van der Waals surface area contributed by atoms with Gasteiger partial charge in [0.15, 0.2) is 5.03 Å². The van der Waals surface area contributed by atoms with E-state index in [4.69, 9.17) is 0 Å². The first-order valence-corrected chi connectivity index (χ1v) is 5.06. The van der Waals surface area contributed by atoms with Crippen LogP contribution in [0.3, 0.4) is 0 Å². The van der Waals surface area contributed by atoms with Gasteiger partial charge in [0.1, 0.15) is 0 Å². The second-order valence-electron chi connectivity index (χ2n) is 2.57. The lowest BCUT2D eigenvalue weighted by molar-refractivity contribution is 0.559. The summed E-state index contributed by atoms with van der Waals surface area (Å²) in [4.78, 5) is 3.78. The predicted octanol–water partition coefficient (Wildman–Crippen LogP) is 0.0859. The molecule has 1 fully saturated rings. The quantitative estimate of drug-likeness (QED) is 0.612. The van der Waals surface area contributed by atoms with Gasteiger partial charge in [-0.25, -0.2) is 13.4 Å². The van der Waals surface area contributed by atoms with Crippen molar-refractivity contribution in [2.75, 3.05) is 13.1 Å². The van der Waals surface area contributed by atoms with Crippen LogP contribution in [0.15, 0.2) is 29.4 Å². The molecule has 12 heavy (non-hydrogen) atoms. The van der Waals surface area contributed by atoms with Crippen LogP contribution >= 0.6 is 0 Å². The number of pyridine rings is 1. The largest absolute Gasteiger partial charge is 0.260 e. The summed E-state index contributed by atoms with van der Waals surface area (Å²) in [5.74, 6) is 0. The Bertz CT molecular complexity index is 370. The van der Waals surface area contributed by atoms with Crippen LogP contribution in [0.1, 0.15) is 0 Å². The van der Waals surface area contributed by atoms with Crippen LogP contribution < -0.4 is 0 Å². The average Bonchev–Trinajstić information content (AvgIpc) is 2.88. The Labute approximate surface area is 70.9 Å². The Hall–Kier alpha value is -0.940. The summed E-state index contributed by atoms with van der Waals surface area (Å²) >= 11 is 0. The first-order chi connectivity index (χ1) is 5.71. The molecule has 0 radical (unpaired) electrons. The molecule has 1 aromatic heterocycles. The lowest BCUT2D eigenvalue weighted by Crippen LogP contribution is -2.12. The highest BCUT2D eigenvalue weighted by molar-refractivity contribution is 7.89. The molecule has 2 rings (SSSR count). The minimum Gasteiger partial charge on any atom is -0.243 e. The van der Waals surface area contributed by atoms with E-state index < -0.39 is 10.0 Å². The molecule has 0 aromatic carbocycles. The maximum atomic E-state index is 11.5. The topological polar surface area (TPSA) is 50.0 Å². The van der Waals surface area contributed by atoms with Crippen LogP contribution in [-0.2, 0) is 10.0 Å². The molecular weight excluding hydrogens is 176 g/mol. The Balaban J connectivity index is 2.42. The number of rotatable bonds is 2. The van der Waals surface area contributed by atoms with Gasteiger partial charge in [-0.15, -0.1) is 0 Å². The number of nitrogens with zero attached hydrogens (tertiary/aromatic N) is 2. The highest BCUT2D eigenvalue weighted by Crippen LogP contribution is 2.18. The molecule has 4 nitrogen and oxygen atoms in total. The molecule has 0 amide bonds. The van der Waals surface area contributed by atoms with E-state index in [9.17, 15) is 8.42 Å². The fourth-order valence-electron chi connectivity index (χ4n) is 0.913. The maximum absolute atomic E-state index is 11.5. The van der Waals surface area contributed by atoms with E-state index >= 15 is 0 Å². The Kier molecular flexibility index (Phi) is 1.62. The fraction of sp³-hybridized carbons (Fsp3) is 0.286. The van der Waals surface area contributed by atoms with E-state index in [-0.39, 0.29) is 5.03 Å². The van der Waals surface area contributed by atoms with Gasteiger partial charge in [0.2, 0.25) is 0 Å². The first-order valence-electron chi connectivity index (χ1n) is 3.62.